The van der Waals surface area contributed by atoms with Crippen molar-refractivity contribution in [2.24, 2.45) is 5.92 Å². The normalized spacial score (nSPS) is 16.9. The van der Waals surface area contributed by atoms with E-state index < -0.39 is 0 Å². The van der Waals surface area contributed by atoms with Gasteiger partial charge in [0, 0.05) is 37.1 Å². The molecule has 1 aliphatic rings. The molecule has 1 unspecified atom stereocenters. The highest BCUT2D eigenvalue weighted by atomic mass is 32.1. The minimum Gasteiger partial charge on any atom is -0.338 e. The molecule has 1 atom stereocenters. The van der Waals surface area contributed by atoms with E-state index >= 15 is 0 Å². The van der Waals surface area contributed by atoms with Crippen LogP contribution < -0.4 is 0 Å². The number of nitrogens with zero attached hydrogens (tertiary/aromatic N) is 4. The van der Waals surface area contributed by atoms with E-state index in [9.17, 15) is 4.79 Å². The summed E-state index contributed by atoms with van der Waals surface area (Å²) in [5.74, 6) is 1.58. The molecule has 0 spiro atoms. The van der Waals surface area contributed by atoms with E-state index in [-0.39, 0.29) is 5.91 Å². The summed E-state index contributed by atoms with van der Waals surface area (Å²) in [5, 5.41) is 0.952. The van der Waals surface area contributed by atoms with Crippen LogP contribution in [0.5, 0.6) is 0 Å². The molecule has 1 amide bonds. The highest BCUT2D eigenvalue weighted by molar-refractivity contribution is 7.13. The summed E-state index contributed by atoms with van der Waals surface area (Å²) in [6.07, 6.45) is 2.96. The van der Waals surface area contributed by atoms with Crippen molar-refractivity contribution in [2.45, 2.75) is 33.7 Å². The zero-order valence-corrected chi connectivity index (χ0v) is 16.8. The van der Waals surface area contributed by atoms with Crippen molar-refractivity contribution in [3.8, 4) is 11.4 Å². The van der Waals surface area contributed by atoms with E-state index in [4.69, 9.17) is 0 Å². The molecule has 27 heavy (non-hydrogen) atoms. The molecule has 0 bridgehead atoms. The summed E-state index contributed by atoms with van der Waals surface area (Å²) in [4.78, 5) is 24.7. The number of hydrogen-bond donors (Lipinski definition) is 0. The van der Waals surface area contributed by atoms with Gasteiger partial charge in [-0.05, 0) is 33.1 Å². The number of hydrogen-bond acceptors (Lipinski definition) is 4. The third-order valence-corrected chi connectivity index (χ3v) is 6.26. The lowest BCUT2D eigenvalue weighted by Crippen LogP contribution is -2.29. The smallest absolute Gasteiger partial charge is 0.265 e. The predicted octanol–water partition coefficient (Wildman–Crippen LogP) is 4.09. The van der Waals surface area contributed by atoms with Crippen LogP contribution in [0.2, 0.25) is 0 Å². The zero-order valence-electron chi connectivity index (χ0n) is 16.0. The number of carbonyl (C=O) groups excluding carboxylic acids is 1. The average Bonchev–Trinajstić information content (AvgIpc) is 3.36. The highest BCUT2D eigenvalue weighted by Gasteiger charge is 2.30. The molecule has 1 fully saturated rings. The third-order valence-electron chi connectivity index (χ3n) is 5.20. The number of likely N-dealkylation sites (tertiary alicyclic amines) is 1. The van der Waals surface area contributed by atoms with Crippen LogP contribution >= 0.6 is 11.3 Å². The first-order valence-electron chi connectivity index (χ1n) is 9.33. The Labute approximate surface area is 163 Å². The van der Waals surface area contributed by atoms with Gasteiger partial charge in [-0.3, -0.25) is 4.79 Å². The fraction of sp³-hybridized carbons (Fsp3) is 0.381. The van der Waals surface area contributed by atoms with Gasteiger partial charge in [-0.2, -0.15) is 0 Å². The van der Waals surface area contributed by atoms with Crippen LogP contribution in [0.25, 0.3) is 11.4 Å². The Hall–Kier alpha value is -2.47. The van der Waals surface area contributed by atoms with E-state index in [2.05, 4.69) is 33.6 Å². The molecule has 1 aliphatic heterocycles. The average molecular weight is 381 g/mol. The van der Waals surface area contributed by atoms with Crippen LogP contribution in [-0.4, -0.2) is 38.4 Å². The van der Waals surface area contributed by atoms with Crippen LogP contribution in [0, 0.1) is 26.7 Å². The van der Waals surface area contributed by atoms with E-state index in [0.29, 0.717) is 5.92 Å². The van der Waals surface area contributed by atoms with Crippen molar-refractivity contribution in [2.75, 3.05) is 13.1 Å². The first-order chi connectivity index (χ1) is 13.0. The molecule has 0 aliphatic carbocycles. The lowest BCUT2D eigenvalue weighted by atomic mass is 10.1. The number of imidazole rings is 1. The largest absolute Gasteiger partial charge is 0.338 e. The van der Waals surface area contributed by atoms with Gasteiger partial charge in [0.15, 0.2) is 0 Å². The van der Waals surface area contributed by atoms with Gasteiger partial charge in [0.2, 0.25) is 0 Å². The molecule has 2 aromatic heterocycles. The van der Waals surface area contributed by atoms with Crippen LogP contribution in [0.3, 0.4) is 0 Å². The Morgan fingerprint density at radius 2 is 2.00 bits per heavy atom. The van der Waals surface area contributed by atoms with Gasteiger partial charge in [0.1, 0.15) is 10.7 Å². The van der Waals surface area contributed by atoms with Crippen molar-refractivity contribution in [3.05, 3.63) is 57.8 Å². The van der Waals surface area contributed by atoms with E-state index in [1.807, 2.05) is 43.1 Å². The standard InChI is InChI=1S/C21H24N4OS/c1-14-11-22-20(18-7-5-4-6-8-18)25(14)13-17-9-10-24(12-17)21(26)19-15(2)23-16(3)27-19/h4-8,11,17H,9-10,12-13H2,1-3H3. The van der Waals surface area contributed by atoms with Crippen LogP contribution in [-0.2, 0) is 6.54 Å². The minimum absolute atomic E-state index is 0.131. The number of aromatic nitrogens is 3. The number of carbonyl (C=O) groups is 1. The Morgan fingerprint density at radius 1 is 1.22 bits per heavy atom. The predicted molar refractivity (Wildman–Crippen MR) is 108 cm³/mol. The second-order valence-electron chi connectivity index (χ2n) is 7.25. The summed E-state index contributed by atoms with van der Waals surface area (Å²) in [6, 6.07) is 10.3. The fourth-order valence-electron chi connectivity index (χ4n) is 3.81. The summed E-state index contributed by atoms with van der Waals surface area (Å²) in [5.41, 5.74) is 3.14. The van der Waals surface area contributed by atoms with E-state index in [1.54, 1.807) is 0 Å². The number of amides is 1. The molecular weight excluding hydrogens is 356 g/mol. The van der Waals surface area contributed by atoms with Gasteiger partial charge in [0.05, 0.1) is 10.7 Å². The lowest BCUT2D eigenvalue weighted by Gasteiger charge is -2.18. The molecule has 5 nitrogen and oxygen atoms in total. The van der Waals surface area contributed by atoms with Gasteiger partial charge in [0.25, 0.3) is 5.91 Å². The first-order valence-corrected chi connectivity index (χ1v) is 10.2. The molecule has 0 saturated carbocycles. The first kappa shape index (κ1) is 17.9. The molecular formula is C21H24N4OS. The Kier molecular flexibility index (Phi) is 4.83. The molecule has 140 valence electrons. The van der Waals surface area contributed by atoms with Gasteiger partial charge < -0.3 is 9.47 Å². The summed E-state index contributed by atoms with van der Waals surface area (Å²) >= 11 is 1.50. The van der Waals surface area contributed by atoms with Crippen LogP contribution in [0.15, 0.2) is 36.5 Å². The summed E-state index contributed by atoms with van der Waals surface area (Å²) < 4.78 is 2.29. The summed E-state index contributed by atoms with van der Waals surface area (Å²) in [7, 11) is 0. The zero-order chi connectivity index (χ0) is 19.0. The second-order valence-corrected chi connectivity index (χ2v) is 8.46. The van der Waals surface area contributed by atoms with Gasteiger partial charge in [-0.15, -0.1) is 11.3 Å². The van der Waals surface area contributed by atoms with Gasteiger partial charge >= 0.3 is 0 Å². The second kappa shape index (κ2) is 7.27. The fourth-order valence-corrected chi connectivity index (χ4v) is 4.69. The Balaban J connectivity index is 1.49. The molecule has 4 rings (SSSR count). The maximum absolute atomic E-state index is 12.9. The van der Waals surface area contributed by atoms with Crippen molar-refractivity contribution in [1.82, 2.24) is 19.4 Å². The summed E-state index contributed by atoms with van der Waals surface area (Å²) in [6.45, 7) is 8.47. The maximum atomic E-state index is 12.9. The molecule has 1 saturated heterocycles. The maximum Gasteiger partial charge on any atom is 0.265 e. The molecule has 3 aromatic rings. The Bertz CT molecular complexity index is 960. The molecule has 3 heterocycles. The van der Waals surface area contributed by atoms with E-state index in [1.165, 1.54) is 11.3 Å². The Morgan fingerprint density at radius 3 is 2.70 bits per heavy atom. The van der Waals surface area contributed by atoms with Crippen molar-refractivity contribution in [3.63, 3.8) is 0 Å². The number of aryl methyl sites for hydroxylation is 3. The number of rotatable bonds is 4. The van der Waals surface area contributed by atoms with Gasteiger partial charge in [-0.25, -0.2) is 9.97 Å². The van der Waals surface area contributed by atoms with Crippen molar-refractivity contribution in [1.29, 1.82) is 0 Å². The van der Waals surface area contributed by atoms with Crippen molar-refractivity contribution >= 4 is 17.2 Å². The highest BCUT2D eigenvalue weighted by Crippen LogP contribution is 2.27. The van der Waals surface area contributed by atoms with Crippen LogP contribution in [0.1, 0.15) is 32.5 Å². The van der Waals surface area contributed by atoms with Gasteiger partial charge in [-0.1, -0.05) is 30.3 Å². The quantitative estimate of drug-likeness (QED) is 0.685. The lowest BCUT2D eigenvalue weighted by molar-refractivity contribution is 0.0790. The SMILES string of the molecule is Cc1nc(C)c(C(=O)N2CCC(Cn3c(C)cnc3-c3ccccc3)C2)s1. The number of thiazole rings is 1. The topological polar surface area (TPSA) is 51.0 Å². The third kappa shape index (κ3) is 3.54. The van der Waals surface area contributed by atoms with Crippen molar-refractivity contribution < 1.29 is 4.79 Å². The molecule has 0 radical (unpaired) electrons. The molecule has 1 aromatic carbocycles. The molecule has 6 heteroatoms. The van der Waals surface area contributed by atoms with Crippen LogP contribution in [0.4, 0.5) is 0 Å². The molecule has 0 N–H and O–H groups in total. The minimum atomic E-state index is 0.131. The number of benzene rings is 1. The monoisotopic (exact) mass is 380 g/mol. The van der Waals surface area contributed by atoms with E-state index in [0.717, 1.165) is 58.7 Å².